The molecule has 0 bridgehead atoms. The maximum atomic E-state index is 12.0. The molecule has 0 aromatic heterocycles. The summed E-state index contributed by atoms with van der Waals surface area (Å²) in [7, 11) is 3.19. The third kappa shape index (κ3) is 7.70. The SMILES string of the molecule is COc1ccc(COc2ccc(C=NNC(=O)CC(=O)Nc3ccc(OC)cc3)cc2)cc1. The van der Waals surface area contributed by atoms with E-state index in [0.29, 0.717) is 23.8 Å². The van der Waals surface area contributed by atoms with Crippen LogP contribution < -0.4 is 25.0 Å². The number of rotatable bonds is 10. The number of carbonyl (C=O) groups is 2. The smallest absolute Gasteiger partial charge is 0.249 e. The first kappa shape index (κ1) is 23.3. The van der Waals surface area contributed by atoms with E-state index in [1.165, 1.54) is 6.21 Å². The van der Waals surface area contributed by atoms with Gasteiger partial charge in [-0.05, 0) is 71.8 Å². The first-order valence-corrected chi connectivity index (χ1v) is 10.2. The second-order valence-corrected chi connectivity index (χ2v) is 6.95. The highest BCUT2D eigenvalue weighted by atomic mass is 16.5. The zero-order valence-corrected chi connectivity index (χ0v) is 18.4. The van der Waals surface area contributed by atoms with Crippen molar-refractivity contribution in [3.63, 3.8) is 0 Å². The number of amides is 2. The van der Waals surface area contributed by atoms with Crippen LogP contribution >= 0.6 is 0 Å². The molecule has 170 valence electrons. The van der Waals surface area contributed by atoms with E-state index in [9.17, 15) is 9.59 Å². The fourth-order valence-corrected chi connectivity index (χ4v) is 2.78. The summed E-state index contributed by atoms with van der Waals surface area (Å²) in [5.41, 5.74) is 4.72. The summed E-state index contributed by atoms with van der Waals surface area (Å²) in [5, 5.41) is 6.53. The van der Waals surface area contributed by atoms with Crippen molar-refractivity contribution in [1.29, 1.82) is 0 Å². The monoisotopic (exact) mass is 447 g/mol. The molecule has 0 aliphatic heterocycles. The minimum Gasteiger partial charge on any atom is -0.497 e. The van der Waals surface area contributed by atoms with Crippen LogP contribution in [0.3, 0.4) is 0 Å². The van der Waals surface area contributed by atoms with Crippen molar-refractivity contribution >= 4 is 23.7 Å². The number of hydrazone groups is 1. The molecule has 0 saturated heterocycles. The van der Waals surface area contributed by atoms with E-state index < -0.39 is 11.8 Å². The number of hydrogen-bond acceptors (Lipinski definition) is 6. The number of carbonyl (C=O) groups excluding carboxylic acids is 2. The van der Waals surface area contributed by atoms with Crippen LogP contribution in [0.4, 0.5) is 5.69 Å². The molecule has 0 unspecified atom stereocenters. The zero-order valence-electron chi connectivity index (χ0n) is 18.4. The topological polar surface area (TPSA) is 98.3 Å². The summed E-state index contributed by atoms with van der Waals surface area (Å²) >= 11 is 0. The predicted molar refractivity (Wildman–Crippen MR) is 126 cm³/mol. The molecular formula is C25H25N3O5. The maximum absolute atomic E-state index is 12.0. The van der Waals surface area contributed by atoms with Gasteiger partial charge in [0.2, 0.25) is 11.8 Å². The Balaban J connectivity index is 1.40. The van der Waals surface area contributed by atoms with Crippen molar-refractivity contribution in [2.45, 2.75) is 13.0 Å². The lowest BCUT2D eigenvalue weighted by atomic mass is 10.2. The minimum atomic E-state index is -0.517. The van der Waals surface area contributed by atoms with Crippen LogP contribution in [-0.4, -0.2) is 32.2 Å². The largest absolute Gasteiger partial charge is 0.497 e. The molecule has 3 aromatic rings. The summed E-state index contributed by atoms with van der Waals surface area (Å²) < 4.78 is 16.0. The molecule has 8 nitrogen and oxygen atoms in total. The molecule has 3 rings (SSSR count). The van der Waals surface area contributed by atoms with Crippen molar-refractivity contribution in [1.82, 2.24) is 5.43 Å². The van der Waals surface area contributed by atoms with Gasteiger partial charge >= 0.3 is 0 Å². The molecule has 2 N–H and O–H groups in total. The zero-order chi connectivity index (χ0) is 23.5. The fourth-order valence-electron chi connectivity index (χ4n) is 2.78. The second kappa shape index (κ2) is 11.9. The molecule has 0 radical (unpaired) electrons. The van der Waals surface area contributed by atoms with E-state index in [-0.39, 0.29) is 6.42 Å². The summed E-state index contributed by atoms with van der Waals surface area (Å²) in [4.78, 5) is 23.9. The van der Waals surface area contributed by atoms with Crippen molar-refractivity contribution in [3.05, 3.63) is 83.9 Å². The number of benzene rings is 3. The Kier molecular flexibility index (Phi) is 8.41. The van der Waals surface area contributed by atoms with Gasteiger partial charge in [-0.1, -0.05) is 12.1 Å². The molecule has 0 aliphatic rings. The number of nitrogens with one attached hydrogen (secondary N) is 2. The Bertz CT molecular complexity index is 1080. The average Bonchev–Trinajstić information content (AvgIpc) is 2.84. The number of hydrogen-bond donors (Lipinski definition) is 2. The summed E-state index contributed by atoms with van der Waals surface area (Å²) in [5.74, 6) is 1.23. The standard InChI is InChI=1S/C25H25N3O5/c1-31-21-9-5-19(6-10-21)17-33-23-11-3-18(4-12-23)16-26-28-25(30)15-24(29)27-20-7-13-22(32-2)14-8-20/h3-14,16H,15,17H2,1-2H3,(H,27,29)(H,28,30). The number of ether oxygens (including phenoxy) is 3. The Morgan fingerprint density at radius 3 is 1.97 bits per heavy atom. The normalized spacial score (nSPS) is 10.5. The Morgan fingerprint density at radius 2 is 1.36 bits per heavy atom. The van der Waals surface area contributed by atoms with Crippen molar-refractivity contribution in [3.8, 4) is 17.2 Å². The lowest BCUT2D eigenvalue weighted by Crippen LogP contribution is -2.24. The van der Waals surface area contributed by atoms with Crippen LogP contribution in [-0.2, 0) is 16.2 Å². The average molecular weight is 447 g/mol. The third-order valence-electron chi connectivity index (χ3n) is 4.54. The summed E-state index contributed by atoms with van der Waals surface area (Å²) in [6, 6.07) is 21.7. The van der Waals surface area contributed by atoms with Gasteiger partial charge in [0.25, 0.3) is 0 Å². The highest BCUT2D eigenvalue weighted by Crippen LogP contribution is 2.16. The molecule has 0 atom stereocenters. The van der Waals surface area contributed by atoms with Crippen LogP contribution in [0.1, 0.15) is 17.5 Å². The van der Waals surface area contributed by atoms with E-state index >= 15 is 0 Å². The first-order valence-electron chi connectivity index (χ1n) is 10.2. The van der Waals surface area contributed by atoms with Crippen molar-refractivity contribution < 1.29 is 23.8 Å². The number of methoxy groups -OCH3 is 2. The lowest BCUT2D eigenvalue weighted by molar-refractivity contribution is -0.126. The van der Waals surface area contributed by atoms with Crippen LogP contribution in [0.2, 0.25) is 0 Å². The van der Waals surface area contributed by atoms with E-state index in [1.807, 2.05) is 48.5 Å². The lowest BCUT2D eigenvalue weighted by Gasteiger charge is -2.07. The fraction of sp³-hybridized carbons (Fsp3) is 0.160. The summed E-state index contributed by atoms with van der Waals surface area (Å²) in [6.45, 7) is 0.437. The summed E-state index contributed by atoms with van der Waals surface area (Å²) in [6.07, 6.45) is 1.15. The Hall–Kier alpha value is -4.33. The molecule has 2 amide bonds. The second-order valence-electron chi connectivity index (χ2n) is 6.95. The van der Waals surface area contributed by atoms with E-state index in [1.54, 1.807) is 38.5 Å². The minimum absolute atomic E-state index is 0.346. The molecule has 8 heteroatoms. The van der Waals surface area contributed by atoms with Gasteiger partial charge in [-0.15, -0.1) is 0 Å². The van der Waals surface area contributed by atoms with Gasteiger partial charge in [0.1, 0.15) is 30.3 Å². The third-order valence-corrected chi connectivity index (χ3v) is 4.54. The molecule has 33 heavy (non-hydrogen) atoms. The maximum Gasteiger partial charge on any atom is 0.249 e. The molecule has 0 saturated carbocycles. The molecule has 0 heterocycles. The predicted octanol–water partition coefficient (Wildman–Crippen LogP) is 3.76. The number of anilines is 1. The van der Waals surface area contributed by atoms with Crippen molar-refractivity contribution in [2.75, 3.05) is 19.5 Å². The highest BCUT2D eigenvalue weighted by Gasteiger charge is 2.09. The van der Waals surface area contributed by atoms with Crippen LogP contribution in [0.15, 0.2) is 77.9 Å². The van der Waals surface area contributed by atoms with Crippen LogP contribution in [0, 0.1) is 0 Å². The van der Waals surface area contributed by atoms with Gasteiger partial charge in [-0.25, -0.2) is 5.43 Å². The molecule has 0 aliphatic carbocycles. The van der Waals surface area contributed by atoms with E-state index in [2.05, 4.69) is 15.8 Å². The van der Waals surface area contributed by atoms with Gasteiger partial charge < -0.3 is 19.5 Å². The molecule has 3 aromatic carbocycles. The van der Waals surface area contributed by atoms with Gasteiger partial charge in [0, 0.05) is 5.69 Å². The van der Waals surface area contributed by atoms with Gasteiger partial charge in [-0.2, -0.15) is 5.10 Å². The number of nitrogens with zero attached hydrogens (tertiary/aromatic N) is 1. The molecular weight excluding hydrogens is 422 g/mol. The van der Waals surface area contributed by atoms with Crippen molar-refractivity contribution in [2.24, 2.45) is 5.10 Å². The highest BCUT2D eigenvalue weighted by molar-refractivity contribution is 6.03. The van der Waals surface area contributed by atoms with Crippen LogP contribution in [0.25, 0.3) is 0 Å². The quantitative estimate of drug-likeness (QED) is 0.280. The molecule has 0 fully saturated rings. The van der Waals surface area contributed by atoms with E-state index in [4.69, 9.17) is 14.2 Å². The van der Waals surface area contributed by atoms with Gasteiger partial charge in [0.05, 0.1) is 20.4 Å². The van der Waals surface area contributed by atoms with Gasteiger partial charge in [0.15, 0.2) is 0 Å². The molecule has 0 spiro atoms. The first-order chi connectivity index (χ1) is 16.1. The van der Waals surface area contributed by atoms with Crippen LogP contribution in [0.5, 0.6) is 17.2 Å². The van der Waals surface area contributed by atoms with E-state index in [0.717, 1.165) is 16.9 Å². The van der Waals surface area contributed by atoms with Gasteiger partial charge in [-0.3, -0.25) is 9.59 Å². The Morgan fingerprint density at radius 1 is 0.788 bits per heavy atom. The Labute approximate surface area is 192 Å².